The molecule has 17 heavy (non-hydrogen) atoms. The predicted octanol–water partition coefficient (Wildman–Crippen LogP) is 2.11. The fourth-order valence-corrected chi connectivity index (χ4v) is 2.23. The molecule has 1 fully saturated rings. The normalized spacial score (nSPS) is 19.6. The van der Waals surface area contributed by atoms with E-state index >= 15 is 0 Å². The number of carbonyl (C=O) groups excluding carboxylic acids is 1. The molecule has 1 aliphatic rings. The molecule has 4 heteroatoms. The van der Waals surface area contributed by atoms with Crippen molar-refractivity contribution in [2.75, 3.05) is 13.2 Å². The van der Waals surface area contributed by atoms with E-state index in [0.29, 0.717) is 17.9 Å². The Kier molecular flexibility index (Phi) is 3.52. The van der Waals surface area contributed by atoms with Gasteiger partial charge in [-0.1, -0.05) is 0 Å². The molecule has 0 radical (unpaired) electrons. The SMILES string of the molecule is Cc1oc(C)c(C(=O)NCC2CCCO2)c1C. The minimum Gasteiger partial charge on any atom is -0.466 e. The minimum atomic E-state index is -0.0626. The Morgan fingerprint density at radius 2 is 2.12 bits per heavy atom. The number of furan rings is 1. The van der Waals surface area contributed by atoms with Crippen LogP contribution in [0.4, 0.5) is 0 Å². The zero-order chi connectivity index (χ0) is 12.4. The van der Waals surface area contributed by atoms with Gasteiger partial charge in [-0.3, -0.25) is 4.79 Å². The second-order valence-corrected chi connectivity index (χ2v) is 4.56. The smallest absolute Gasteiger partial charge is 0.255 e. The Morgan fingerprint density at radius 1 is 1.35 bits per heavy atom. The summed E-state index contributed by atoms with van der Waals surface area (Å²) < 4.78 is 10.9. The van der Waals surface area contributed by atoms with E-state index in [1.165, 1.54) is 0 Å². The van der Waals surface area contributed by atoms with E-state index < -0.39 is 0 Å². The van der Waals surface area contributed by atoms with E-state index in [2.05, 4.69) is 5.32 Å². The quantitative estimate of drug-likeness (QED) is 0.876. The Labute approximate surface area is 101 Å². The fraction of sp³-hybridized carbons (Fsp3) is 0.615. The van der Waals surface area contributed by atoms with Crippen LogP contribution in [0.3, 0.4) is 0 Å². The average molecular weight is 237 g/mol. The van der Waals surface area contributed by atoms with E-state index in [1.54, 1.807) is 0 Å². The molecule has 94 valence electrons. The van der Waals surface area contributed by atoms with Gasteiger partial charge in [0.25, 0.3) is 5.91 Å². The van der Waals surface area contributed by atoms with Gasteiger partial charge in [-0.2, -0.15) is 0 Å². The number of aryl methyl sites for hydroxylation is 2. The van der Waals surface area contributed by atoms with Crippen LogP contribution in [0.15, 0.2) is 4.42 Å². The predicted molar refractivity (Wildman–Crippen MR) is 64.2 cm³/mol. The lowest BCUT2D eigenvalue weighted by molar-refractivity contribution is 0.0856. The third-order valence-corrected chi connectivity index (χ3v) is 3.30. The van der Waals surface area contributed by atoms with E-state index in [0.717, 1.165) is 30.8 Å². The molecule has 1 saturated heterocycles. The number of ether oxygens (including phenoxy) is 1. The number of amides is 1. The molecule has 1 unspecified atom stereocenters. The molecule has 0 saturated carbocycles. The molecule has 1 atom stereocenters. The van der Waals surface area contributed by atoms with Gasteiger partial charge >= 0.3 is 0 Å². The lowest BCUT2D eigenvalue weighted by Crippen LogP contribution is -2.32. The summed E-state index contributed by atoms with van der Waals surface area (Å²) in [5.41, 5.74) is 1.59. The first kappa shape index (κ1) is 12.2. The molecule has 0 aromatic carbocycles. The summed E-state index contributed by atoms with van der Waals surface area (Å²) in [5, 5.41) is 2.91. The molecule has 0 bridgehead atoms. The summed E-state index contributed by atoms with van der Waals surface area (Å²) in [6.07, 6.45) is 2.29. The van der Waals surface area contributed by atoms with Gasteiger partial charge in [-0.25, -0.2) is 0 Å². The Morgan fingerprint density at radius 3 is 2.65 bits per heavy atom. The van der Waals surface area contributed by atoms with Crippen LogP contribution >= 0.6 is 0 Å². The van der Waals surface area contributed by atoms with Crippen molar-refractivity contribution >= 4 is 5.91 Å². The van der Waals surface area contributed by atoms with E-state index in [-0.39, 0.29) is 12.0 Å². The highest BCUT2D eigenvalue weighted by Crippen LogP contribution is 2.20. The van der Waals surface area contributed by atoms with Crippen molar-refractivity contribution in [2.24, 2.45) is 0 Å². The molecule has 4 nitrogen and oxygen atoms in total. The van der Waals surface area contributed by atoms with E-state index in [9.17, 15) is 4.79 Å². The van der Waals surface area contributed by atoms with Gasteiger partial charge in [0, 0.05) is 18.7 Å². The molecule has 0 spiro atoms. The molecule has 0 aliphatic carbocycles. The molecule has 1 N–H and O–H groups in total. The van der Waals surface area contributed by atoms with Gasteiger partial charge in [0.2, 0.25) is 0 Å². The highest BCUT2D eigenvalue weighted by Gasteiger charge is 2.21. The van der Waals surface area contributed by atoms with Crippen molar-refractivity contribution < 1.29 is 13.9 Å². The second kappa shape index (κ2) is 4.92. The van der Waals surface area contributed by atoms with Crippen LogP contribution in [-0.4, -0.2) is 25.2 Å². The standard InChI is InChI=1S/C13H19NO3/c1-8-9(2)17-10(3)12(8)13(15)14-7-11-5-4-6-16-11/h11H,4-7H2,1-3H3,(H,14,15). The van der Waals surface area contributed by atoms with Gasteiger partial charge in [0.15, 0.2) is 0 Å². The first-order valence-electron chi connectivity index (χ1n) is 6.06. The number of rotatable bonds is 3. The highest BCUT2D eigenvalue weighted by molar-refractivity contribution is 5.96. The molecular formula is C13H19NO3. The van der Waals surface area contributed by atoms with Crippen molar-refractivity contribution in [3.05, 3.63) is 22.6 Å². The second-order valence-electron chi connectivity index (χ2n) is 4.56. The van der Waals surface area contributed by atoms with Crippen LogP contribution in [0, 0.1) is 20.8 Å². The highest BCUT2D eigenvalue weighted by atomic mass is 16.5. The van der Waals surface area contributed by atoms with Crippen LogP contribution in [0.2, 0.25) is 0 Å². The summed E-state index contributed by atoms with van der Waals surface area (Å²) >= 11 is 0. The number of nitrogens with one attached hydrogen (secondary N) is 1. The number of carbonyl (C=O) groups is 1. The molecule has 2 rings (SSSR count). The van der Waals surface area contributed by atoms with Crippen LogP contribution in [-0.2, 0) is 4.74 Å². The summed E-state index contributed by atoms with van der Waals surface area (Å²) in [5.74, 6) is 1.43. The van der Waals surface area contributed by atoms with Crippen LogP contribution in [0.1, 0.15) is 40.3 Å². The maximum absolute atomic E-state index is 12.0. The number of hydrogen-bond donors (Lipinski definition) is 1. The van der Waals surface area contributed by atoms with Gasteiger partial charge in [-0.15, -0.1) is 0 Å². The summed E-state index contributed by atoms with van der Waals surface area (Å²) in [6.45, 7) is 7.00. The van der Waals surface area contributed by atoms with Gasteiger partial charge < -0.3 is 14.5 Å². The molecule has 1 aliphatic heterocycles. The lowest BCUT2D eigenvalue weighted by atomic mass is 10.1. The van der Waals surface area contributed by atoms with Crippen molar-refractivity contribution in [1.29, 1.82) is 0 Å². The van der Waals surface area contributed by atoms with Crippen LogP contribution in [0.5, 0.6) is 0 Å². The van der Waals surface area contributed by atoms with Crippen LogP contribution < -0.4 is 5.32 Å². The van der Waals surface area contributed by atoms with E-state index in [1.807, 2.05) is 20.8 Å². The molecule has 1 amide bonds. The Bertz CT molecular complexity index is 417. The molecule has 1 aromatic rings. The van der Waals surface area contributed by atoms with Gasteiger partial charge in [-0.05, 0) is 33.6 Å². The van der Waals surface area contributed by atoms with Gasteiger partial charge in [0.1, 0.15) is 11.5 Å². The zero-order valence-electron chi connectivity index (χ0n) is 10.6. The van der Waals surface area contributed by atoms with Crippen molar-refractivity contribution in [3.63, 3.8) is 0 Å². The van der Waals surface area contributed by atoms with Gasteiger partial charge in [0.05, 0.1) is 11.7 Å². The summed E-state index contributed by atoms with van der Waals surface area (Å²) in [6, 6.07) is 0. The minimum absolute atomic E-state index is 0.0626. The first-order valence-corrected chi connectivity index (χ1v) is 6.06. The maximum Gasteiger partial charge on any atom is 0.255 e. The average Bonchev–Trinajstić information content (AvgIpc) is 2.86. The van der Waals surface area contributed by atoms with Crippen molar-refractivity contribution in [1.82, 2.24) is 5.32 Å². The third kappa shape index (κ3) is 2.52. The van der Waals surface area contributed by atoms with Crippen LogP contribution in [0.25, 0.3) is 0 Å². The Balaban J connectivity index is 1.99. The first-order chi connectivity index (χ1) is 8.09. The zero-order valence-corrected chi connectivity index (χ0v) is 10.6. The largest absolute Gasteiger partial charge is 0.466 e. The van der Waals surface area contributed by atoms with E-state index in [4.69, 9.17) is 9.15 Å². The molecular weight excluding hydrogens is 218 g/mol. The molecule has 2 heterocycles. The summed E-state index contributed by atoms with van der Waals surface area (Å²) in [7, 11) is 0. The van der Waals surface area contributed by atoms with Crippen molar-refractivity contribution in [2.45, 2.75) is 39.7 Å². The topological polar surface area (TPSA) is 51.5 Å². The monoisotopic (exact) mass is 237 g/mol. The molecule has 1 aromatic heterocycles. The van der Waals surface area contributed by atoms with Crippen molar-refractivity contribution in [3.8, 4) is 0 Å². The third-order valence-electron chi connectivity index (χ3n) is 3.30. The maximum atomic E-state index is 12.0. The Hall–Kier alpha value is -1.29. The lowest BCUT2D eigenvalue weighted by Gasteiger charge is -2.10. The number of hydrogen-bond acceptors (Lipinski definition) is 3. The fourth-order valence-electron chi connectivity index (χ4n) is 2.23. The summed E-state index contributed by atoms with van der Waals surface area (Å²) in [4.78, 5) is 12.0.